The van der Waals surface area contributed by atoms with Gasteiger partial charge in [-0.25, -0.2) is 0 Å². The second kappa shape index (κ2) is 7.91. The normalized spacial score (nSPS) is 10.7. The minimum Gasteiger partial charge on any atom is -0.459 e. The van der Waals surface area contributed by atoms with Gasteiger partial charge in [-0.2, -0.15) is 0 Å². The number of nitrogens with two attached hydrogens (primary N) is 1. The Morgan fingerprint density at radius 2 is 2.11 bits per heavy atom. The molecule has 0 spiro atoms. The lowest BCUT2D eigenvalue weighted by molar-refractivity contribution is 0.0723. The number of carbonyl (C=O) groups is 1. The van der Waals surface area contributed by atoms with E-state index in [0.717, 1.165) is 13.0 Å². The lowest BCUT2D eigenvalue weighted by atomic mass is 10.3. The lowest BCUT2D eigenvalue weighted by Crippen LogP contribution is -2.35. The molecule has 19 heavy (non-hydrogen) atoms. The molecule has 0 aliphatic heterocycles. The molecule has 0 bridgehead atoms. The van der Waals surface area contributed by atoms with E-state index in [-0.39, 0.29) is 5.91 Å². The molecule has 0 aliphatic rings. The molecule has 0 atom stereocenters. The minimum absolute atomic E-state index is 0.111. The first kappa shape index (κ1) is 15.7. The SMILES string of the molecule is CN(C)CCCN(CCC(N)=S)C(=O)c1ccco1. The summed E-state index contributed by atoms with van der Waals surface area (Å²) in [6.07, 6.45) is 2.93. The third-order valence-corrected chi connectivity index (χ3v) is 2.88. The molecule has 1 aromatic heterocycles. The van der Waals surface area contributed by atoms with Crippen LogP contribution in [0.25, 0.3) is 0 Å². The fraction of sp³-hybridized carbons (Fsp3) is 0.538. The van der Waals surface area contributed by atoms with Gasteiger partial charge in [0.25, 0.3) is 5.91 Å². The standard InChI is InChI=1S/C13H21N3O2S/c1-15(2)7-4-8-16(9-6-12(14)19)13(17)11-5-3-10-18-11/h3,5,10H,4,6-9H2,1-2H3,(H2,14,19). The van der Waals surface area contributed by atoms with Crippen LogP contribution in [-0.2, 0) is 0 Å². The number of furan rings is 1. The Morgan fingerprint density at radius 1 is 1.37 bits per heavy atom. The summed E-state index contributed by atoms with van der Waals surface area (Å²) in [5, 5.41) is 0. The van der Waals surface area contributed by atoms with Crippen LogP contribution in [0.3, 0.4) is 0 Å². The van der Waals surface area contributed by atoms with Gasteiger partial charge in [-0.1, -0.05) is 12.2 Å². The van der Waals surface area contributed by atoms with Crippen molar-refractivity contribution in [3.8, 4) is 0 Å². The molecule has 0 radical (unpaired) electrons. The van der Waals surface area contributed by atoms with E-state index in [0.29, 0.717) is 30.3 Å². The van der Waals surface area contributed by atoms with Gasteiger partial charge in [-0.3, -0.25) is 4.79 Å². The molecule has 0 saturated heterocycles. The van der Waals surface area contributed by atoms with Crippen LogP contribution in [0, 0.1) is 0 Å². The first-order valence-electron chi connectivity index (χ1n) is 6.26. The molecule has 2 N–H and O–H groups in total. The van der Waals surface area contributed by atoms with E-state index in [1.165, 1.54) is 6.26 Å². The molecule has 1 aromatic rings. The highest BCUT2D eigenvalue weighted by Gasteiger charge is 2.17. The second-order valence-electron chi connectivity index (χ2n) is 4.64. The molecule has 106 valence electrons. The van der Waals surface area contributed by atoms with Crippen molar-refractivity contribution < 1.29 is 9.21 Å². The van der Waals surface area contributed by atoms with Crippen LogP contribution in [0.1, 0.15) is 23.4 Å². The average Bonchev–Trinajstić information content (AvgIpc) is 2.85. The maximum atomic E-state index is 12.2. The van der Waals surface area contributed by atoms with E-state index in [2.05, 4.69) is 4.90 Å². The zero-order chi connectivity index (χ0) is 14.3. The van der Waals surface area contributed by atoms with E-state index in [4.69, 9.17) is 22.4 Å². The fourth-order valence-electron chi connectivity index (χ4n) is 1.69. The van der Waals surface area contributed by atoms with Crippen LogP contribution in [0.2, 0.25) is 0 Å². The van der Waals surface area contributed by atoms with Gasteiger partial charge in [-0.15, -0.1) is 0 Å². The van der Waals surface area contributed by atoms with E-state index >= 15 is 0 Å². The molecule has 6 heteroatoms. The van der Waals surface area contributed by atoms with E-state index in [1.807, 2.05) is 14.1 Å². The summed E-state index contributed by atoms with van der Waals surface area (Å²) < 4.78 is 5.14. The number of nitrogens with zero attached hydrogens (tertiary/aromatic N) is 2. The van der Waals surface area contributed by atoms with Crippen molar-refractivity contribution in [2.75, 3.05) is 33.7 Å². The van der Waals surface area contributed by atoms with Gasteiger partial charge in [0.15, 0.2) is 5.76 Å². The summed E-state index contributed by atoms with van der Waals surface area (Å²) in [4.78, 5) is 16.5. The Hall–Kier alpha value is -1.40. The molecule has 0 unspecified atom stereocenters. The van der Waals surface area contributed by atoms with Gasteiger partial charge >= 0.3 is 0 Å². The summed E-state index contributed by atoms with van der Waals surface area (Å²) in [5.41, 5.74) is 5.50. The quantitative estimate of drug-likeness (QED) is 0.730. The fourth-order valence-corrected chi connectivity index (χ4v) is 1.79. The van der Waals surface area contributed by atoms with E-state index < -0.39 is 0 Å². The third-order valence-electron chi connectivity index (χ3n) is 2.68. The lowest BCUT2D eigenvalue weighted by Gasteiger charge is -2.22. The van der Waals surface area contributed by atoms with Crippen molar-refractivity contribution >= 4 is 23.1 Å². The molecule has 0 saturated carbocycles. The van der Waals surface area contributed by atoms with Crippen molar-refractivity contribution in [3.05, 3.63) is 24.2 Å². The van der Waals surface area contributed by atoms with Gasteiger partial charge < -0.3 is 20.0 Å². The number of thiocarbonyl (C=S) groups is 1. The van der Waals surface area contributed by atoms with Crippen molar-refractivity contribution in [2.45, 2.75) is 12.8 Å². The minimum atomic E-state index is -0.111. The zero-order valence-corrected chi connectivity index (χ0v) is 12.3. The monoisotopic (exact) mass is 283 g/mol. The highest BCUT2D eigenvalue weighted by Crippen LogP contribution is 2.07. The molecule has 1 heterocycles. The smallest absolute Gasteiger partial charge is 0.289 e. The zero-order valence-electron chi connectivity index (χ0n) is 11.5. The number of carbonyl (C=O) groups excluding carboxylic acids is 1. The summed E-state index contributed by atoms with van der Waals surface area (Å²) in [6, 6.07) is 3.38. The van der Waals surface area contributed by atoms with Crippen LogP contribution < -0.4 is 5.73 Å². The van der Waals surface area contributed by atoms with Gasteiger partial charge in [0, 0.05) is 19.5 Å². The molecule has 5 nitrogen and oxygen atoms in total. The van der Waals surface area contributed by atoms with Crippen molar-refractivity contribution in [2.24, 2.45) is 5.73 Å². The highest BCUT2D eigenvalue weighted by atomic mass is 32.1. The number of hydrogen-bond acceptors (Lipinski definition) is 4. The number of hydrogen-bond donors (Lipinski definition) is 1. The number of rotatable bonds is 8. The maximum Gasteiger partial charge on any atom is 0.289 e. The second-order valence-corrected chi connectivity index (χ2v) is 5.17. The average molecular weight is 283 g/mol. The van der Waals surface area contributed by atoms with E-state index in [1.54, 1.807) is 17.0 Å². The summed E-state index contributed by atoms with van der Waals surface area (Å²) in [5.74, 6) is 0.243. The van der Waals surface area contributed by atoms with Crippen LogP contribution >= 0.6 is 12.2 Å². The van der Waals surface area contributed by atoms with Crippen LogP contribution in [0.15, 0.2) is 22.8 Å². The van der Waals surface area contributed by atoms with Crippen LogP contribution in [0.5, 0.6) is 0 Å². The third kappa shape index (κ3) is 5.85. The van der Waals surface area contributed by atoms with E-state index in [9.17, 15) is 4.79 Å². The Labute approximate surface area is 119 Å². The van der Waals surface area contributed by atoms with Gasteiger partial charge in [-0.05, 0) is 39.2 Å². The van der Waals surface area contributed by atoms with Crippen molar-refractivity contribution in [3.63, 3.8) is 0 Å². The summed E-state index contributed by atoms with van der Waals surface area (Å²) >= 11 is 4.86. The predicted molar refractivity (Wildman–Crippen MR) is 79.2 cm³/mol. The Morgan fingerprint density at radius 3 is 2.63 bits per heavy atom. The first-order chi connectivity index (χ1) is 9.00. The predicted octanol–water partition coefficient (Wildman–Crippen LogP) is 1.35. The molecular weight excluding hydrogens is 262 g/mol. The topological polar surface area (TPSA) is 62.7 Å². The molecule has 1 amide bonds. The number of amides is 1. The Bertz CT molecular complexity index is 404. The maximum absolute atomic E-state index is 12.2. The Kier molecular flexibility index (Phi) is 6.52. The first-order valence-corrected chi connectivity index (χ1v) is 6.67. The largest absolute Gasteiger partial charge is 0.459 e. The van der Waals surface area contributed by atoms with Crippen molar-refractivity contribution in [1.29, 1.82) is 0 Å². The van der Waals surface area contributed by atoms with Crippen LogP contribution in [-0.4, -0.2) is 54.4 Å². The van der Waals surface area contributed by atoms with Crippen LogP contribution in [0.4, 0.5) is 0 Å². The van der Waals surface area contributed by atoms with Gasteiger partial charge in [0.2, 0.25) is 0 Å². The Balaban J connectivity index is 2.57. The molecular formula is C13H21N3O2S. The molecule has 0 fully saturated rings. The summed E-state index contributed by atoms with van der Waals surface area (Å²) in [6.45, 7) is 2.12. The molecule has 1 rings (SSSR count). The summed E-state index contributed by atoms with van der Waals surface area (Å²) in [7, 11) is 4.02. The van der Waals surface area contributed by atoms with Gasteiger partial charge in [0.1, 0.15) is 0 Å². The van der Waals surface area contributed by atoms with Crippen molar-refractivity contribution in [1.82, 2.24) is 9.80 Å². The molecule has 0 aliphatic carbocycles. The highest BCUT2D eigenvalue weighted by molar-refractivity contribution is 7.80. The van der Waals surface area contributed by atoms with Gasteiger partial charge in [0.05, 0.1) is 11.3 Å². The molecule has 0 aromatic carbocycles.